The fraction of sp³-hybridized carbons (Fsp3) is 0.250. The predicted molar refractivity (Wildman–Crippen MR) is 155 cm³/mol. The first-order valence-corrected chi connectivity index (χ1v) is 12.7. The topological polar surface area (TPSA) is 89.5 Å². The first kappa shape index (κ1) is 30.1. The van der Waals surface area contributed by atoms with Crippen LogP contribution in [0.15, 0.2) is 99.2 Å². The molecule has 0 aliphatic heterocycles. The smallest absolute Gasteiger partial charge is 0.330 e. The quantitative estimate of drug-likeness (QED) is 0.0694. The summed E-state index contributed by atoms with van der Waals surface area (Å²) < 4.78 is 34.5. The largest absolute Gasteiger partial charge is 0.488 e. The van der Waals surface area contributed by atoms with E-state index in [2.05, 4.69) is 26.3 Å². The Morgan fingerprint density at radius 2 is 0.950 bits per heavy atom. The summed E-state index contributed by atoms with van der Waals surface area (Å²) in [6.07, 6.45) is 4.08. The Labute approximate surface area is 234 Å². The Balaban J connectivity index is 1.95. The Morgan fingerprint density at radius 3 is 1.25 bits per heavy atom. The molecule has 210 valence electrons. The molecule has 0 saturated heterocycles. The van der Waals surface area contributed by atoms with Gasteiger partial charge >= 0.3 is 11.9 Å². The summed E-state index contributed by atoms with van der Waals surface area (Å²) in [5.74, 6) is 0.0628. The molecule has 0 aliphatic rings. The summed E-state index contributed by atoms with van der Waals surface area (Å²) in [6, 6.07) is 15.3. The molecule has 0 aromatic heterocycles. The van der Waals surface area contributed by atoms with E-state index in [4.69, 9.17) is 28.4 Å². The fourth-order valence-electron chi connectivity index (χ4n) is 3.93. The number of hydrogen-bond donors (Lipinski definition) is 0. The molecule has 8 nitrogen and oxygen atoms in total. The maximum absolute atomic E-state index is 11.9. The molecule has 3 aromatic carbocycles. The average molecular weight is 547 g/mol. The van der Waals surface area contributed by atoms with E-state index >= 15 is 0 Å². The monoisotopic (exact) mass is 546 g/mol. The van der Waals surface area contributed by atoms with Gasteiger partial charge in [-0.1, -0.05) is 73.8 Å². The maximum atomic E-state index is 11.9. The van der Waals surface area contributed by atoms with Crippen molar-refractivity contribution in [2.75, 3.05) is 39.6 Å². The highest BCUT2D eigenvalue weighted by Gasteiger charge is 2.21. The summed E-state index contributed by atoms with van der Waals surface area (Å²) in [6.45, 7) is 15.2. The van der Waals surface area contributed by atoms with Crippen molar-refractivity contribution in [1.82, 2.24) is 0 Å². The van der Waals surface area contributed by atoms with Crippen LogP contribution in [0.4, 0.5) is 0 Å². The van der Waals surface area contributed by atoms with Crippen LogP contribution < -0.4 is 9.47 Å². The van der Waals surface area contributed by atoms with Gasteiger partial charge in [-0.15, -0.1) is 13.2 Å². The van der Waals surface area contributed by atoms with Crippen LogP contribution in [0.25, 0.3) is 21.5 Å². The molecule has 0 radical (unpaired) electrons. The van der Waals surface area contributed by atoms with Gasteiger partial charge in [0.2, 0.25) is 0 Å². The second-order valence-electron chi connectivity index (χ2n) is 8.55. The third-order valence-electron chi connectivity index (χ3n) is 5.64. The predicted octanol–water partition coefficient (Wildman–Crippen LogP) is 5.35. The number of fused-ring (bicyclic) bond motifs is 2. The van der Waals surface area contributed by atoms with Gasteiger partial charge in [0.05, 0.1) is 26.4 Å². The molecule has 0 spiro atoms. The van der Waals surface area contributed by atoms with Crippen LogP contribution >= 0.6 is 0 Å². The van der Waals surface area contributed by atoms with Crippen LogP contribution in [0.5, 0.6) is 11.5 Å². The molecule has 8 heteroatoms. The Morgan fingerprint density at radius 1 is 0.600 bits per heavy atom. The van der Waals surface area contributed by atoms with Crippen molar-refractivity contribution in [3.8, 4) is 11.5 Å². The van der Waals surface area contributed by atoms with E-state index in [-0.39, 0.29) is 26.4 Å². The number of hydrogen-bond acceptors (Lipinski definition) is 8. The van der Waals surface area contributed by atoms with E-state index in [1.165, 1.54) is 0 Å². The lowest BCUT2D eigenvalue weighted by Crippen LogP contribution is -2.29. The van der Waals surface area contributed by atoms with Gasteiger partial charge < -0.3 is 28.4 Å². The summed E-state index contributed by atoms with van der Waals surface area (Å²) in [5.41, 5.74) is 0. The van der Waals surface area contributed by atoms with Crippen LogP contribution in [0, 0.1) is 0 Å². The summed E-state index contributed by atoms with van der Waals surface area (Å²) in [5, 5.41) is 3.17. The molecule has 0 N–H and O–H groups in total. The van der Waals surface area contributed by atoms with Crippen molar-refractivity contribution in [1.29, 1.82) is 0 Å². The zero-order chi connectivity index (χ0) is 28.7. The van der Waals surface area contributed by atoms with Gasteiger partial charge in [-0.2, -0.15) is 0 Å². The van der Waals surface area contributed by atoms with Crippen molar-refractivity contribution in [2.45, 2.75) is 12.2 Å². The number of rotatable bonds is 18. The molecule has 2 atom stereocenters. The number of carbonyl (C=O) groups excluding carboxylic acids is 2. The molecule has 0 amide bonds. The standard InChI is InChI=1S/C32H34O8/c1-5-17-35-19-23(39-29(33)7-3)21-37-31-25-13-9-11-15-27(25)32(28-16-12-10-14-26(28)31)38-22-24(20-36-18-6-2)40-30(34)8-4/h5-16,23-24H,1-4,17-22H2. The van der Waals surface area contributed by atoms with E-state index in [1.807, 2.05) is 48.5 Å². The SMILES string of the molecule is C=CCOCC(COc1c2ccccc2c(OCC(COCC=C)OC(=O)C=C)c2ccccc12)OC(=O)C=C. The molecule has 2 unspecified atom stereocenters. The third kappa shape index (κ3) is 8.30. The minimum atomic E-state index is -0.672. The Kier molecular flexibility index (Phi) is 12.0. The van der Waals surface area contributed by atoms with Crippen LogP contribution in [0.2, 0.25) is 0 Å². The van der Waals surface area contributed by atoms with E-state index in [1.54, 1.807) is 12.2 Å². The van der Waals surface area contributed by atoms with Crippen molar-refractivity contribution in [2.24, 2.45) is 0 Å². The Bertz CT molecular complexity index is 1190. The highest BCUT2D eigenvalue weighted by molar-refractivity contribution is 6.11. The summed E-state index contributed by atoms with van der Waals surface area (Å²) >= 11 is 0. The van der Waals surface area contributed by atoms with Crippen molar-refractivity contribution in [3.05, 3.63) is 99.2 Å². The zero-order valence-electron chi connectivity index (χ0n) is 22.4. The van der Waals surface area contributed by atoms with Gasteiger partial charge in [0.15, 0.2) is 12.2 Å². The number of benzene rings is 3. The Hall–Kier alpha value is -4.40. The molecule has 3 rings (SSSR count). The van der Waals surface area contributed by atoms with E-state index in [9.17, 15) is 9.59 Å². The van der Waals surface area contributed by atoms with Crippen molar-refractivity contribution in [3.63, 3.8) is 0 Å². The minimum Gasteiger partial charge on any atom is -0.488 e. The normalized spacial score (nSPS) is 12.2. The number of esters is 2. The first-order valence-electron chi connectivity index (χ1n) is 12.7. The van der Waals surface area contributed by atoms with Crippen LogP contribution in [-0.4, -0.2) is 63.8 Å². The van der Waals surface area contributed by atoms with E-state index in [0.29, 0.717) is 24.7 Å². The van der Waals surface area contributed by atoms with Gasteiger partial charge in [-0.25, -0.2) is 9.59 Å². The fourth-order valence-corrected chi connectivity index (χ4v) is 3.93. The van der Waals surface area contributed by atoms with Gasteiger partial charge in [-0.3, -0.25) is 0 Å². The average Bonchev–Trinajstić information content (AvgIpc) is 2.98. The number of carbonyl (C=O) groups is 2. The molecule has 0 bridgehead atoms. The van der Waals surface area contributed by atoms with E-state index < -0.39 is 24.1 Å². The molecule has 40 heavy (non-hydrogen) atoms. The first-order chi connectivity index (χ1) is 19.5. The molecule has 0 aliphatic carbocycles. The molecular formula is C32H34O8. The van der Waals surface area contributed by atoms with Gasteiger partial charge in [0, 0.05) is 33.7 Å². The van der Waals surface area contributed by atoms with E-state index in [0.717, 1.165) is 33.7 Å². The van der Waals surface area contributed by atoms with Crippen LogP contribution in [-0.2, 0) is 28.5 Å². The van der Waals surface area contributed by atoms with Crippen LogP contribution in [0.3, 0.4) is 0 Å². The number of ether oxygens (including phenoxy) is 6. The maximum Gasteiger partial charge on any atom is 0.330 e. The summed E-state index contributed by atoms with van der Waals surface area (Å²) in [7, 11) is 0. The molecular weight excluding hydrogens is 512 g/mol. The lowest BCUT2D eigenvalue weighted by molar-refractivity contribution is -0.148. The van der Waals surface area contributed by atoms with Crippen LogP contribution in [0.1, 0.15) is 0 Å². The van der Waals surface area contributed by atoms with Crippen molar-refractivity contribution < 1.29 is 38.0 Å². The molecule has 0 heterocycles. The lowest BCUT2D eigenvalue weighted by atomic mass is 10.0. The van der Waals surface area contributed by atoms with Crippen molar-refractivity contribution >= 4 is 33.5 Å². The molecule has 0 saturated carbocycles. The second kappa shape index (κ2) is 15.9. The highest BCUT2D eigenvalue weighted by atomic mass is 16.6. The minimum absolute atomic E-state index is 0.0468. The van der Waals surface area contributed by atoms with Gasteiger partial charge in [-0.05, 0) is 0 Å². The third-order valence-corrected chi connectivity index (χ3v) is 5.64. The summed E-state index contributed by atoms with van der Waals surface area (Å²) in [4.78, 5) is 23.8. The molecule has 3 aromatic rings. The zero-order valence-corrected chi connectivity index (χ0v) is 22.4. The highest BCUT2D eigenvalue weighted by Crippen LogP contribution is 2.42. The van der Waals surface area contributed by atoms with Gasteiger partial charge in [0.1, 0.15) is 24.7 Å². The van der Waals surface area contributed by atoms with Gasteiger partial charge in [0.25, 0.3) is 0 Å². The lowest BCUT2D eigenvalue weighted by Gasteiger charge is -2.22. The molecule has 0 fully saturated rings. The second-order valence-corrected chi connectivity index (χ2v) is 8.55.